The fourth-order valence-corrected chi connectivity index (χ4v) is 0.888. The summed E-state index contributed by atoms with van der Waals surface area (Å²) in [6, 6.07) is -1.49. The van der Waals surface area contributed by atoms with Crippen molar-refractivity contribution in [3.63, 3.8) is 0 Å². The minimum atomic E-state index is -4.21. The molecular formula is C6H8F3NO. The van der Waals surface area contributed by atoms with E-state index in [0.717, 1.165) is 11.8 Å². The van der Waals surface area contributed by atoms with Crippen LogP contribution in [0.15, 0.2) is 0 Å². The molecule has 1 fully saturated rings. The Balaban J connectivity index is 2.43. The zero-order valence-electron chi connectivity index (χ0n) is 5.98. The van der Waals surface area contributed by atoms with Crippen molar-refractivity contribution in [2.45, 2.75) is 19.1 Å². The molecule has 11 heavy (non-hydrogen) atoms. The van der Waals surface area contributed by atoms with Gasteiger partial charge in [0.1, 0.15) is 6.04 Å². The number of Topliss-reactive ketones (excluding diaryl/α,β-unsaturated/α-hetero) is 1. The van der Waals surface area contributed by atoms with Gasteiger partial charge in [0.15, 0.2) is 5.78 Å². The van der Waals surface area contributed by atoms with Gasteiger partial charge in [-0.15, -0.1) is 0 Å². The summed E-state index contributed by atoms with van der Waals surface area (Å²) in [5.41, 5.74) is 0. The number of likely N-dealkylation sites (tertiary alicyclic amines) is 1. The molecule has 0 aromatic carbocycles. The average molecular weight is 167 g/mol. The fraction of sp³-hybridized carbons (Fsp3) is 0.833. The van der Waals surface area contributed by atoms with Crippen molar-refractivity contribution in [2.75, 3.05) is 13.1 Å². The molecule has 1 unspecified atom stereocenters. The van der Waals surface area contributed by atoms with E-state index in [2.05, 4.69) is 0 Å². The van der Waals surface area contributed by atoms with E-state index in [-0.39, 0.29) is 18.9 Å². The highest BCUT2D eigenvalue weighted by Crippen LogP contribution is 2.26. The van der Waals surface area contributed by atoms with Gasteiger partial charge in [0.25, 0.3) is 0 Å². The molecule has 0 amide bonds. The summed E-state index contributed by atoms with van der Waals surface area (Å²) >= 11 is 0. The smallest absolute Gasteiger partial charge is 0.297 e. The molecule has 0 aliphatic carbocycles. The van der Waals surface area contributed by atoms with E-state index in [1.165, 1.54) is 0 Å². The Kier molecular flexibility index (Phi) is 1.92. The molecule has 0 N–H and O–H groups in total. The number of hydrogen-bond acceptors (Lipinski definition) is 2. The average Bonchev–Trinajstić information content (AvgIpc) is 1.77. The van der Waals surface area contributed by atoms with Crippen molar-refractivity contribution < 1.29 is 18.0 Å². The van der Waals surface area contributed by atoms with Crippen molar-refractivity contribution in [3.05, 3.63) is 0 Å². The van der Waals surface area contributed by atoms with Gasteiger partial charge in [0, 0.05) is 0 Å². The third kappa shape index (κ3) is 1.71. The van der Waals surface area contributed by atoms with Crippen LogP contribution in [0, 0.1) is 0 Å². The van der Waals surface area contributed by atoms with E-state index in [4.69, 9.17) is 0 Å². The van der Waals surface area contributed by atoms with Gasteiger partial charge >= 0.3 is 6.18 Å². The Labute approximate surface area is 62.0 Å². The number of alkyl halides is 3. The van der Waals surface area contributed by atoms with Gasteiger partial charge in [-0.1, -0.05) is 0 Å². The Hall–Kier alpha value is -0.580. The van der Waals surface area contributed by atoms with Gasteiger partial charge in [-0.3, -0.25) is 9.69 Å². The first-order valence-corrected chi connectivity index (χ1v) is 3.23. The van der Waals surface area contributed by atoms with E-state index in [9.17, 15) is 18.0 Å². The summed E-state index contributed by atoms with van der Waals surface area (Å²) in [5, 5.41) is 0. The summed E-state index contributed by atoms with van der Waals surface area (Å²) in [7, 11) is 0. The molecule has 5 heteroatoms. The van der Waals surface area contributed by atoms with Crippen LogP contribution in [-0.4, -0.2) is 36.0 Å². The van der Waals surface area contributed by atoms with Crippen LogP contribution in [0.2, 0.25) is 0 Å². The maximum atomic E-state index is 11.9. The summed E-state index contributed by atoms with van der Waals surface area (Å²) < 4.78 is 35.7. The van der Waals surface area contributed by atoms with Crippen molar-refractivity contribution in [1.82, 2.24) is 4.90 Å². The molecule has 0 bridgehead atoms. The predicted octanol–water partition coefficient (Wildman–Crippen LogP) is 0.822. The molecule has 0 saturated carbocycles. The SMILES string of the molecule is CC(N1CC(=O)C1)C(F)(F)F. The number of carbonyl (C=O) groups is 1. The van der Waals surface area contributed by atoms with Crippen molar-refractivity contribution in [2.24, 2.45) is 0 Å². The van der Waals surface area contributed by atoms with Crippen molar-refractivity contribution in [1.29, 1.82) is 0 Å². The van der Waals surface area contributed by atoms with E-state index < -0.39 is 12.2 Å². The lowest BCUT2D eigenvalue weighted by Crippen LogP contribution is -2.56. The topological polar surface area (TPSA) is 20.3 Å². The van der Waals surface area contributed by atoms with Crippen molar-refractivity contribution >= 4 is 5.78 Å². The van der Waals surface area contributed by atoms with E-state index in [1.54, 1.807) is 0 Å². The number of hydrogen-bond donors (Lipinski definition) is 0. The van der Waals surface area contributed by atoms with E-state index in [1.807, 2.05) is 0 Å². The van der Waals surface area contributed by atoms with Crippen LogP contribution >= 0.6 is 0 Å². The van der Waals surface area contributed by atoms with Crippen LogP contribution in [0.25, 0.3) is 0 Å². The van der Waals surface area contributed by atoms with Gasteiger partial charge in [-0.05, 0) is 6.92 Å². The second-order valence-electron chi connectivity index (χ2n) is 2.66. The fourth-order valence-electron chi connectivity index (χ4n) is 0.888. The van der Waals surface area contributed by atoms with Gasteiger partial charge in [0.2, 0.25) is 0 Å². The summed E-state index contributed by atoms with van der Waals surface area (Å²) in [4.78, 5) is 11.4. The molecule has 1 heterocycles. The lowest BCUT2D eigenvalue weighted by Gasteiger charge is -2.35. The highest BCUT2D eigenvalue weighted by Gasteiger charge is 2.44. The molecule has 0 aromatic rings. The molecule has 0 aromatic heterocycles. The third-order valence-electron chi connectivity index (χ3n) is 1.78. The van der Waals surface area contributed by atoms with Crippen molar-refractivity contribution in [3.8, 4) is 0 Å². The highest BCUT2D eigenvalue weighted by atomic mass is 19.4. The predicted molar refractivity (Wildman–Crippen MR) is 32.1 cm³/mol. The maximum absolute atomic E-state index is 11.9. The number of rotatable bonds is 1. The summed E-state index contributed by atoms with van der Waals surface area (Å²) in [6.07, 6.45) is -4.21. The molecule has 1 atom stereocenters. The van der Waals surface area contributed by atoms with E-state index >= 15 is 0 Å². The Bertz CT molecular complexity index is 169. The molecule has 1 aliphatic rings. The maximum Gasteiger partial charge on any atom is 0.403 e. The van der Waals surface area contributed by atoms with Crippen LogP contribution in [0.5, 0.6) is 0 Å². The van der Waals surface area contributed by atoms with E-state index in [0.29, 0.717) is 0 Å². The zero-order valence-corrected chi connectivity index (χ0v) is 5.98. The first-order valence-electron chi connectivity index (χ1n) is 3.23. The standard InChI is InChI=1S/C6H8F3NO/c1-4(6(7,8)9)10-2-5(11)3-10/h4H,2-3H2,1H3. The lowest BCUT2D eigenvalue weighted by atomic mass is 10.1. The first-order chi connectivity index (χ1) is 4.91. The molecule has 0 spiro atoms. The Morgan fingerprint density at radius 1 is 1.45 bits per heavy atom. The molecule has 1 rings (SSSR count). The number of ketones is 1. The third-order valence-corrected chi connectivity index (χ3v) is 1.78. The van der Waals surface area contributed by atoms with Gasteiger partial charge in [-0.25, -0.2) is 0 Å². The molecule has 2 nitrogen and oxygen atoms in total. The first kappa shape index (κ1) is 8.52. The number of nitrogens with zero attached hydrogens (tertiary/aromatic N) is 1. The minimum absolute atomic E-state index is 0.0549. The monoisotopic (exact) mass is 167 g/mol. The zero-order chi connectivity index (χ0) is 8.65. The molecule has 0 radical (unpaired) electrons. The lowest BCUT2D eigenvalue weighted by molar-refractivity contribution is -0.188. The minimum Gasteiger partial charge on any atom is -0.297 e. The highest BCUT2D eigenvalue weighted by molar-refractivity contribution is 5.87. The van der Waals surface area contributed by atoms with Crippen LogP contribution in [0.3, 0.4) is 0 Å². The summed E-state index contributed by atoms with van der Waals surface area (Å²) in [5.74, 6) is -0.124. The normalized spacial score (nSPS) is 23.1. The molecule has 1 aliphatic heterocycles. The number of carbonyl (C=O) groups excluding carboxylic acids is 1. The quantitative estimate of drug-likeness (QED) is 0.576. The molecular weight excluding hydrogens is 159 g/mol. The van der Waals surface area contributed by atoms with Crippen LogP contribution in [-0.2, 0) is 4.79 Å². The van der Waals surface area contributed by atoms with Gasteiger partial charge in [-0.2, -0.15) is 13.2 Å². The van der Waals surface area contributed by atoms with Crippen LogP contribution < -0.4 is 0 Å². The second kappa shape index (κ2) is 2.48. The largest absolute Gasteiger partial charge is 0.403 e. The van der Waals surface area contributed by atoms with Gasteiger partial charge < -0.3 is 0 Å². The Morgan fingerprint density at radius 2 is 1.91 bits per heavy atom. The summed E-state index contributed by atoms with van der Waals surface area (Å²) in [6.45, 7) is 0.952. The van der Waals surface area contributed by atoms with Gasteiger partial charge in [0.05, 0.1) is 13.1 Å². The molecule has 1 saturated heterocycles. The van der Waals surface area contributed by atoms with Crippen LogP contribution in [0.1, 0.15) is 6.92 Å². The molecule has 64 valence electrons. The second-order valence-corrected chi connectivity index (χ2v) is 2.66. The Morgan fingerprint density at radius 3 is 2.18 bits per heavy atom. The van der Waals surface area contributed by atoms with Crippen LogP contribution in [0.4, 0.5) is 13.2 Å². The number of halogens is 3.